The summed E-state index contributed by atoms with van der Waals surface area (Å²) < 4.78 is 144. The Labute approximate surface area is 233 Å². The van der Waals surface area contributed by atoms with E-state index in [2.05, 4.69) is 9.47 Å². The molecule has 0 heterocycles. The smallest absolute Gasteiger partial charge is 0.429 e. The van der Waals surface area contributed by atoms with E-state index in [9.17, 15) is 43.9 Å². The molecule has 0 saturated carbocycles. The van der Waals surface area contributed by atoms with Crippen molar-refractivity contribution in [2.24, 2.45) is 0 Å². The summed E-state index contributed by atoms with van der Waals surface area (Å²) in [7, 11) is 0. The van der Waals surface area contributed by atoms with E-state index in [4.69, 9.17) is 0 Å². The molecule has 0 aliphatic rings. The van der Waals surface area contributed by atoms with Crippen LogP contribution in [0.25, 0.3) is 22.3 Å². The lowest BCUT2D eigenvalue weighted by molar-refractivity contribution is -0.432. The SMILES string of the molecule is CCCc1ccc(-c2ccc(C(F)(F)Oc3ccc(-c4cc(F)c(C(F)(F)OC(F)(F)F)c(F)c4)c(F)c3)cc2)cc1. The van der Waals surface area contributed by atoms with Crippen molar-refractivity contribution in [1.82, 2.24) is 0 Å². The largest absolute Gasteiger partial charge is 0.527 e. The fourth-order valence-corrected chi connectivity index (χ4v) is 4.21. The van der Waals surface area contributed by atoms with Crippen molar-refractivity contribution in [3.63, 3.8) is 0 Å². The van der Waals surface area contributed by atoms with Crippen LogP contribution < -0.4 is 4.74 Å². The predicted molar refractivity (Wildman–Crippen MR) is 133 cm³/mol. The van der Waals surface area contributed by atoms with Gasteiger partial charge in [0.15, 0.2) is 0 Å². The average Bonchev–Trinajstić information content (AvgIpc) is 2.87. The second kappa shape index (κ2) is 11.7. The third kappa shape index (κ3) is 7.04. The number of aryl methyl sites for hydroxylation is 1. The first-order chi connectivity index (χ1) is 19.6. The summed E-state index contributed by atoms with van der Waals surface area (Å²) in [6.45, 7) is 2.05. The van der Waals surface area contributed by atoms with E-state index in [1.807, 2.05) is 31.2 Å². The number of ether oxygens (including phenoxy) is 2. The highest BCUT2D eigenvalue weighted by molar-refractivity contribution is 5.66. The molecule has 0 unspecified atom stereocenters. The molecule has 2 nitrogen and oxygen atoms in total. The van der Waals surface area contributed by atoms with Crippen molar-refractivity contribution in [3.8, 4) is 28.0 Å². The Hall–Kier alpha value is -4.06. The maximum atomic E-state index is 14.8. The van der Waals surface area contributed by atoms with Crippen LogP contribution in [0.1, 0.15) is 30.0 Å². The molecule has 0 N–H and O–H groups in total. The first kappa shape index (κ1) is 30.9. The third-order valence-corrected chi connectivity index (χ3v) is 6.12. The lowest BCUT2D eigenvalue weighted by Crippen LogP contribution is -2.29. The second-order valence-corrected chi connectivity index (χ2v) is 9.16. The van der Waals surface area contributed by atoms with Crippen molar-refractivity contribution in [1.29, 1.82) is 0 Å². The molecule has 4 aromatic carbocycles. The van der Waals surface area contributed by atoms with Crippen LogP contribution in [0, 0.1) is 17.5 Å². The molecule has 0 spiro atoms. The Bertz CT molecular complexity index is 1520. The number of hydrogen-bond donors (Lipinski definition) is 0. The maximum absolute atomic E-state index is 14.8. The van der Waals surface area contributed by atoms with Crippen LogP contribution in [0.15, 0.2) is 78.9 Å². The van der Waals surface area contributed by atoms with Gasteiger partial charge in [-0.15, -0.1) is 13.2 Å². The number of alkyl halides is 7. The van der Waals surface area contributed by atoms with Gasteiger partial charge in [-0.1, -0.05) is 49.7 Å². The van der Waals surface area contributed by atoms with E-state index < -0.39 is 64.0 Å². The van der Waals surface area contributed by atoms with E-state index >= 15 is 0 Å². The fourth-order valence-electron chi connectivity index (χ4n) is 4.21. The first-order valence-electron chi connectivity index (χ1n) is 12.3. The second-order valence-electron chi connectivity index (χ2n) is 9.16. The van der Waals surface area contributed by atoms with Gasteiger partial charge < -0.3 is 4.74 Å². The average molecular weight is 602 g/mol. The summed E-state index contributed by atoms with van der Waals surface area (Å²) in [5, 5.41) is 0. The molecule has 12 heteroatoms. The van der Waals surface area contributed by atoms with Gasteiger partial charge in [-0.25, -0.2) is 17.9 Å². The standard InChI is InChI=1S/C30H20F10O2/c1-2-3-17-4-6-18(7-5-17)19-8-10-21(11-9-19)28(34,35)41-22-12-13-23(24(31)16-22)20-14-25(32)27(26(33)15-20)29(36,37)42-30(38,39)40/h4-16H,2-3H2,1H3. The molecule has 0 atom stereocenters. The highest BCUT2D eigenvalue weighted by Crippen LogP contribution is 2.41. The fraction of sp³-hybridized carbons (Fsp3) is 0.200. The molecule has 0 bridgehead atoms. The summed E-state index contributed by atoms with van der Waals surface area (Å²) in [6, 6.07) is 15.2. The highest BCUT2D eigenvalue weighted by atomic mass is 19.4. The summed E-state index contributed by atoms with van der Waals surface area (Å²) in [6.07, 6.45) is -13.4. The summed E-state index contributed by atoms with van der Waals surface area (Å²) in [5.41, 5.74) is -1.62. The van der Waals surface area contributed by atoms with Gasteiger partial charge in [0.2, 0.25) is 0 Å². The third-order valence-electron chi connectivity index (χ3n) is 6.12. The Morgan fingerprint density at radius 1 is 0.595 bits per heavy atom. The van der Waals surface area contributed by atoms with Crippen LogP contribution in [0.3, 0.4) is 0 Å². The molecule has 0 fully saturated rings. The van der Waals surface area contributed by atoms with Crippen molar-refractivity contribution < 1.29 is 53.4 Å². The van der Waals surface area contributed by atoms with Crippen LogP contribution in [-0.4, -0.2) is 6.36 Å². The first-order valence-corrected chi connectivity index (χ1v) is 12.3. The summed E-state index contributed by atoms with van der Waals surface area (Å²) >= 11 is 0. The highest BCUT2D eigenvalue weighted by Gasteiger charge is 2.49. The van der Waals surface area contributed by atoms with E-state index in [0.29, 0.717) is 11.6 Å². The molecule has 4 aromatic rings. The number of rotatable bonds is 9. The molecule has 0 saturated heterocycles. The molecular formula is C30H20F10O2. The zero-order valence-electron chi connectivity index (χ0n) is 21.5. The monoisotopic (exact) mass is 602 g/mol. The lowest BCUT2D eigenvalue weighted by Gasteiger charge is -2.20. The molecule has 42 heavy (non-hydrogen) atoms. The quantitative estimate of drug-likeness (QED) is 0.178. The van der Waals surface area contributed by atoms with Crippen molar-refractivity contribution in [2.45, 2.75) is 38.3 Å². The van der Waals surface area contributed by atoms with Gasteiger partial charge in [0.25, 0.3) is 0 Å². The lowest BCUT2D eigenvalue weighted by atomic mass is 10.0. The van der Waals surface area contributed by atoms with Gasteiger partial charge in [-0.2, -0.15) is 17.6 Å². The van der Waals surface area contributed by atoms with Crippen molar-refractivity contribution in [2.75, 3.05) is 0 Å². The minimum atomic E-state index is -5.92. The van der Waals surface area contributed by atoms with Crippen LogP contribution in [-0.2, 0) is 23.4 Å². The number of hydrogen-bond acceptors (Lipinski definition) is 2. The zero-order chi connectivity index (χ0) is 30.9. The maximum Gasteiger partial charge on any atom is 0.527 e. The van der Waals surface area contributed by atoms with Crippen molar-refractivity contribution in [3.05, 3.63) is 113 Å². The van der Waals surface area contributed by atoms with Crippen LogP contribution in [0.4, 0.5) is 43.9 Å². The minimum absolute atomic E-state index is 0.151. The van der Waals surface area contributed by atoms with Crippen molar-refractivity contribution >= 4 is 0 Å². The Balaban J connectivity index is 1.53. The Morgan fingerprint density at radius 3 is 1.64 bits per heavy atom. The van der Waals surface area contributed by atoms with Crippen LogP contribution in [0.5, 0.6) is 5.75 Å². The Kier molecular flexibility index (Phi) is 8.58. The molecule has 0 amide bonds. The zero-order valence-corrected chi connectivity index (χ0v) is 21.5. The van der Waals surface area contributed by atoms with Gasteiger partial charge >= 0.3 is 18.6 Å². The van der Waals surface area contributed by atoms with E-state index in [1.165, 1.54) is 12.1 Å². The van der Waals surface area contributed by atoms with Gasteiger partial charge in [-0.3, -0.25) is 0 Å². The van der Waals surface area contributed by atoms with E-state index in [-0.39, 0.29) is 12.1 Å². The molecule has 0 radical (unpaired) electrons. The number of halogens is 10. The molecule has 0 aliphatic carbocycles. The minimum Gasteiger partial charge on any atom is -0.429 e. The normalized spacial score (nSPS) is 12.5. The molecule has 222 valence electrons. The molecule has 0 aromatic heterocycles. The van der Waals surface area contributed by atoms with Gasteiger partial charge in [0.1, 0.15) is 28.8 Å². The molecule has 4 rings (SSSR count). The molecular weight excluding hydrogens is 582 g/mol. The van der Waals surface area contributed by atoms with Crippen LogP contribution in [0.2, 0.25) is 0 Å². The van der Waals surface area contributed by atoms with Gasteiger partial charge in [0.05, 0.1) is 5.56 Å². The van der Waals surface area contributed by atoms with Gasteiger partial charge in [-0.05, 0) is 65.1 Å². The summed E-state index contributed by atoms with van der Waals surface area (Å²) in [5.74, 6) is -6.34. The molecule has 0 aliphatic heterocycles. The number of benzene rings is 4. The van der Waals surface area contributed by atoms with E-state index in [1.54, 1.807) is 0 Å². The van der Waals surface area contributed by atoms with Crippen LogP contribution >= 0.6 is 0 Å². The Morgan fingerprint density at radius 2 is 1.14 bits per heavy atom. The summed E-state index contributed by atoms with van der Waals surface area (Å²) in [4.78, 5) is 0. The predicted octanol–water partition coefficient (Wildman–Crippen LogP) is 10.1. The van der Waals surface area contributed by atoms with E-state index in [0.717, 1.165) is 48.2 Å². The van der Waals surface area contributed by atoms with Gasteiger partial charge in [0, 0.05) is 11.6 Å². The topological polar surface area (TPSA) is 18.5 Å².